The summed E-state index contributed by atoms with van der Waals surface area (Å²) >= 11 is 0. The quantitative estimate of drug-likeness (QED) is 0.698. The third kappa shape index (κ3) is 3.61. The molecule has 1 rings (SSSR count). The number of alkyl halides is 3. The second kappa shape index (κ2) is 5.37. The third-order valence-corrected chi connectivity index (χ3v) is 2.64. The average molecular weight is 253 g/mol. The number of amides is 1. The summed E-state index contributed by atoms with van der Waals surface area (Å²) in [5.74, 6) is -2.63. The van der Waals surface area contributed by atoms with Crippen molar-refractivity contribution in [2.24, 2.45) is 5.92 Å². The van der Waals surface area contributed by atoms with Crippen LogP contribution in [0.2, 0.25) is 0 Å². The largest absolute Gasteiger partial charge is 0.471 e. The number of rotatable bonds is 2. The highest BCUT2D eigenvalue weighted by Crippen LogP contribution is 2.24. The molecule has 98 valence electrons. The lowest BCUT2D eigenvalue weighted by atomic mass is 9.97. The number of nitrogens with zero attached hydrogens (tertiary/aromatic N) is 1. The molecule has 0 aromatic heterocycles. The van der Waals surface area contributed by atoms with Crippen LogP contribution in [0.4, 0.5) is 13.2 Å². The molecular formula is C10H14F3NO3. The maximum atomic E-state index is 12.1. The number of ether oxygens (including phenoxy) is 1. The Morgan fingerprint density at radius 2 is 1.82 bits per heavy atom. The molecule has 1 saturated heterocycles. The Balaban J connectivity index is 2.46. The number of carbonyl (C=O) groups is 2. The van der Waals surface area contributed by atoms with Crippen LogP contribution in [-0.2, 0) is 14.3 Å². The van der Waals surface area contributed by atoms with Gasteiger partial charge in [0.1, 0.15) is 0 Å². The number of hydrogen-bond donors (Lipinski definition) is 0. The first-order chi connectivity index (χ1) is 7.86. The van der Waals surface area contributed by atoms with E-state index in [1.54, 1.807) is 6.92 Å². The number of likely N-dealkylation sites (tertiary alicyclic amines) is 1. The van der Waals surface area contributed by atoms with Gasteiger partial charge in [-0.1, -0.05) is 0 Å². The zero-order valence-corrected chi connectivity index (χ0v) is 9.42. The topological polar surface area (TPSA) is 46.6 Å². The first-order valence-electron chi connectivity index (χ1n) is 5.39. The van der Waals surface area contributed by atoms with E-state index in [9.17, 15) is 22.8 Å². The van der Waals surface area contributed by atoms with E-state index in [4.69, 9.17) is 4.74 Å². The van der Waals surface area contributed by atoms with Crippen LogP contribution in [0.1, 0.15) is 19.8 Å². The Morgan fingerprint density at radius 3 is 2.24 bits per heavy atom. The normalized spacial score (nSPS) is 18.0. The molecule has 1 amide bonds. The third-order valence-electron chi connectivity index (χ3n) is 2.64. The van der Waals surface area contributed by atoms with E-state index < -0.39 is 24.0 Å². The first-order valence-corrected chi connectivity index (χ1v) is 5.39. The molecule has 1 aliphatic heterocycles. The zero-order chi connectivity index (χ0) is 13.1. The molecule has 0 atom stereocenters. The highest BCUT2D eigenvalue weighted by molar-refractivity contribution is 5.82. The van der Waals surface area contributed by atoms with Crippen molar-refractivity contribution in [3.63, 3.8) is 0 Å². The van der Waals surface area contributed by atoms with Crippen molar-refractivity contribution in [2.45, 2.75) is 25.9 Å². The maximum absolute atomic E-state index is 12.1. The SMILES string of the molecule is CCOC(=O)C1CCN(C(=O)C(F)(F)F)CC1. The molecule has 4 nitrogen and oxygen atoms in total. The Labute approximate surface area is 96.7 Å². The van der Waals surface area contributed by atoms with E-state index in [1.165, 1.54) is 0 Å². The van der Waals surface area contributed by atoms with Crippen LogP contribution in [0.3, 0.4) is 0 Å². The molecule has 0 aliphatic carbocycles. The van der Waals surface area contributed by atoms with Crippen LogP contribution in [0, 0.1) is 5.92 Å². The van der Waals surface area contributed by atoms with Crippen LogP contribution in [0.25, 0.3) is 0 Å². The second-order valence-electron chi connectivity index (χ2n) is 3.82. The fourth-order valence-electron chi connectivity index (χ4n) is 1.76. The molecule has 0 bridgehead atoms. The van der Waals surface area contributed by atoms with E-state index in [-0.39, 0.29) is 32.5 Å². The summed E-state index contributed by atoms with van der Waals surface area (Å²) in [5.41, 5.74) is 0. The zero-order valence-electron chi connectivity index (χ0n) is 9.42. The van der Waals surface area contributed by atoms with Crippen LogP contribution < -0.4 is 0 Å². The Bertz CT molecular complexity index is 296. The maximum Gasteiger partial charge on any atom is 0.471 e. The summed E-state index contributed by atoms with van der Waals surface area (Å²) < 4.78 is 41.2. The lowest BCUT2D eigenvalue weighted by Crippen LogP contribution is -2.46. The van der Waals surface area contributed by atoms with Gasteiger partial charge in [-0.15, -0.1) is 0 Å². The van der Waals surface area contributed by atoms with Gasteiger partial charge in [0.15, 0.2) is 0 Å². The summed E-state index contributed by atoms with van der Waals surface area (Å²) in [7, 11) is 0. The van der Waals surface area contributed by atoms with Crippen molar-refractivity contribution in [3.8, 4) is 0 Å². The molecule has 1 heterocycles. The number of carbonyl (C=O) groups excluding carboxylic acids is 2. The summed E-state index contributed by atoms with van der Waals surface area (Å²) in [6.07, 6.45) is -4.39. The number of halogens is 3. The molecular weight excluding hydrogens is 239 g/mol. The highest BCUT2D eigenvalue weighted by Gasteiger charge is 2.43. The van der Waals surface area contributed by atoms with Gasteiger partial charge in [0, 0.05) is 13.1 Å². The molecule has 0 N–H and O–H groups in total. The minimum absolute atomic E-state index is 0.0537. The molecule has 1 fully saturated rings. The molecule has 1 aliphatic rings. The fraction of sp³-hybridized carbons (Fsp3) is 0.800. The van der Waals surface area contributed by atoms with Gasteiger partial charge in [0.25, 0.3) is 0 Å². The van der Waals surface area contributed by atoms with Gasteiger partial charge in [-0.3, -0.25) is 9.59 Å². The molecule has 0 radical (unpaired) electrons. The molecule has 0 spiro atoms. The smallest absolute Gasteiger partial charge is 0.466 e. The van der Waals surface area contributed by atoms with E-state index in [2.05, 4.69) is 0 Å². The summed E-state index contributed by atoms with van der Waals surface area (Å²) in [6, 6.07) is 0. The first kappa shape index (κ1) is 13.8. The lowest BCUT2D eigenvalue weighted by molar-refractivity contribution is -0.187. The van der Waals surface area contributed by atoms with Crippen LogP contribution >= 0.6 is 0 Å². The van der Waals surface area contributed by atoms with Gasteiger partial charge >= 0.3 is 18.1 Å². The molecule has 17 heavy (non-hydrogen) atoms. The summed E-state index contributed by atoms with van der Waals surface area (Å²) in [6.45, 7) is 1.81. The van der Waals surface area contributed by atoms with Gasteiger partial charge in [-0.25, -0.2) is 0 Å². The van der Waals surface area contributed by atoms with Crippen LogP contribution in [-0.4, -0.2) is 42.6 Å². The highest BCUT2D eigenvalue weighted by atomic mass is 19.4. The summed E-state index contributed by atoms with van der Waals surface area (Å²) in [5, 5.41) is 0. The number of piperidine rings is 1. The van der Waals surface area contributed by atoms with Crippen molar-refractivity contribution in [2.75, 3.05) is 19.7 Å². The van der Waals surface area contributed by atoms with Gasteiger partial charge in [0.2, 0.25) is 0 Å². The molecule has 0 aromatic rings. The number of hydrogen-bond acceptors (Lipinski definition) is 3. The number of esters is 1. The minimum atomic E-state index is -4.84. The molecule has 0 unspecified atom stereocenters. The predicted molar refractivity (Wildman–Crippen MR) is 52.0 cm³/mol. The average Bonchev–Trinajstić information content (AvgIpc) is 2.27. The predicted octanol–water partition coefficient (Wildman–Crippen LogP) is 1.35. The van der Waals surface area contributed by atoms with Crippen molar-refractivity contribution >= 4 is 11.9 Å². The lowest BCUT2D eigenvalue weighted by Gasteiger charge is -2.31. The van der Waals surface area contributed by atoms with E-state index in [1.807, 2.05) is 0 Å². The van der Waals surface area contributed by atoms with Gasteiger partial charge in [-0.05, 0) is 19.8 Å². The second-order valence-corrected chi connectivity index (χ2v) is 3.82. The Morgan fingerprint density at radius 1 is 1.29 bits per heavy atom. The van der Waals surface area contributed by atoms with Crippen LogP contribution in [0.15, 0.2) is 0 Å². The minimum Gasteiger partial charge on any atom is -0.466 e. The van der Waals surface area contributed by atoms with Crippen molar-refractivity contribution < 1.29 is 27.5 Å². The van der Waals surface area contributed by atoms with E-state index in [0.717, 1.165) is 4.90 Å². The van der Waals surface area contributed by atoms with Crippen molar-refractivity contribution in [1.29, 1.82) is 0 Å². The van der Waals surface area contributed by atoms with Crippen molar-refractivity contribution in [1.82, 2.24) is 4.90 Å². The van der Waals surface area contributed by atoms with Gasteiger partial charge in [-0.2, -0.15) is 13.2 Å². The molecule has 0 saturated carbocycles. The Hall–Kier alpha value is -1.27. The Kier molecular flexibility index (Phi) is 4.36. The monoisotopic (exact) mass is 253 g/mol. The standard InChI is InChI=1S/C10H14F3NO3/c1-2-17-8(15)7-3-5-14(6-4-7)9(16)10(11,12)13/h7H,2-6H2,1H3. The van der Waals surface area contributed by atoms with Crippen LogP contribution in [0.5, 0.6) is 0 Å². The summed E-state index contributed by atoms with van der Waals surface area (Å²) in [4.78, 5) is 23.0. The fourth-order valence-corrected chi connectivity index (χ4v) is 1.76. The van der Waals surface area contributed by atoms with Crippen molar-refractivity contribution in [3.05, 3.63) is 0 Å². The molecule has 0 aromatic carbocycles. The van der Waals surface area contributed by atoms with Gasteiger partial charge in [0.05, 0.1) is 12.5 Å². The molecule has 7 heteroatoms. The van der Waals surface area contributed by atoms with E-state index >= 15 is 0 Å². The van der Waals surface area contributed by atoms with Gasteiger partial charge < -0.3 is 9.64 Å². The van der Waals surface area contributed by atoms with E-state index in [0.29, 0.717) is 0 Å².